The summed E-state index contributed by atoms with van der Waals surface area (Å²) in [6, 6.07) is 4.79. The van der Waals surface area contributed by atoms with E-state index >= 15 is 0 Å². The molecule has 28 heavy (non-hydrogen) atoms. The topological polar surface area (TPSA) is 18.5 Å². The van der Waals surface area contributed by atoms with E-state index < -0.39 is 48.1 Å². The molecule has 2 nitrogen and oxygen atoms in total. The van der Waals surface area contributed by atoms with Gasteiger partial charge in [-0.25, -0.2) is 17.6 Å². The van der Waals surface area contributed by atoms with E-state index in [9.17, 15) is 26.3 Å². The van der Waals surface area contributed by atoms with Crippen molar-refractivity contribution < 1.29 is 35.8 Å². The van der Waals surface area contributed by atoms with Gasteiger partial charge in [0.15, 0.2) is 23.1 Å². The van der Waals surface area contributed by atoms with Gasteiger partial charge >= 0.3 is 0 Å². The molecule has 0 spiro atoms. The van der Waals surface area contributed by atoms with Crippen molar-refractivity contribution in [1.29, 1.82) is 0 Å². The lowest BCUT2D eigenvalue weighted by Crippen LogP contribution is -2.05. The molecule has 2 rings (SSSR count). The Bertz CT molecular complexity index is 851. The molecule has 0 unspecified atom stereocenters. The molecular formula is C20H18F6O2. The van der Waals surface area contributed by atoms with E-state index in [1.807, 2.05) is 0 Å². The predicted molar refractivity (Wildman–Crippen MR) is 91.7 cm³/mol. The highest BCUT2D eigenvalue weighted by Gasteiger charge is 2.18. The average molecular weight is 404 g/mol. The van der Waals surface area contributed by atoms with Crippen LogP contribution in [0.1, 0.15) is 24.5 Å². The zero-order valence-corrected chi connectivity index (χ0v) is 15.0. The standard InChI is InChI=1S/C20H18F6O2/c1-2-27-15-8-9-16(20(26)19(15)25)28-11-13-7-6-12(17(23)18(13)24)4-3-5-14(22)10-21/h5-9H,2-4,10-11H2,1H3/b14-5-. The number of alkyl halides is 1. The van der Waals surface area contributed by atoms with Crippen molar-refractivity contribution >= 4 is 0 Å². The molecule has 8 heteroatoms. The molecule has 0 fully saturated rings. The molecule has 0 atom stereocenters. The lowest BCUT2D eigenvalue weighted by atomic mass is 10.1. The summed E-state index contributed by atoms with van der Waals surface area (Å²) < 4.78 is 90.7. The summed E-state index contributed by atoms with van der Waals surface area (Å²) in [4.78, 5) is 0. The quantitative estimate of drug-likeness (QED) is 0.479. The summed E-state index contributed by atoms with van der Waals surface area (Å²) in [6.45, 7) is -0.0419. The van der Waals surface area contributed by atoms with E-state index in [4.69, 9.17) is 9.47 Å². The number of ether oxygens (including phenoxy) is 2. The highest BCUT2D eigenvalue weighted by Crippen LogP contribution is 2.28. The second-order valence-electron chi connectivity index (χ2n) is 5.75. The first-order valence-corrected chi connectivity index (χ1v) is 8.48. The van der Waals surface area contributed by atoms with E-state index in [1.165, 1.54) is 18.2 Å². The van der Waals surface area contributed by atoms with Crippen LogP contribution in [0, 0.1) is 23.3 Å². The smallest absolute Gasteiger partial charge is 0.204 e. The van der Waals surface area contributed by atoms with Crippen LogP contribution in [0.25, 0.3) is 0 Å². The minimum atomic E-state index is -1.30. The molecule has 0 radical (unpaired) electrons. The number of halogens is 6. The summed E-state index contributed by atoms with van der Waals surface area (Å²) in [5, 5.41) is 0. The number of allylic oxidation sites excluding steroid dienone is 2. The minimum absolute atomic E-state index is 0.00136. The summed E-state index contributed by atoms with van der Waals surface area (Å²) in [6.07, 6.45) is 0.923. The van der Waals surface area contributed by atoms with Gasteiger partial charge in [-0.3, -0.25) is 0 Å². The summed E-state index contributed by atoms with van der Waals surface area (Å²) in [7, 11) is 0. The predicted octanol–water partition coefficient (Wildman–Crippen LogP) is 5.98. The SMILES string of the molecule is CCOc1ccc(OCc2ccc(CC/C=C(\F)CF)c(F)c2F)c(F)c1F. The van der Waals surface area contributed by atoms with E-state index in [0.717, 1.165) is 12.1 Å². The molecule has 0 aliphatic rings. The van der Waals surface area contributed by atoms with Crippen LogP contribution >= 0.6 is 0 Å². The van der Waals surface area contributed by atoms with Crippen molar-refractivity contribution in [3.63, 3.8) is 0 Å². The summed E-state index contributed by atoms with van der Waals surface area (Å²) in [5.41, 5.74) is -0.233. The van der Waals surface area contributed by atoms with E-state index in [-0.39, 0.29) is 36.3 Å². The number of benzene rings is 2. The van der Waals surface area contributed by atoms with Gasteiger partial charge in [0.05, 0.1) is 6.61 Å². The minimum Gasteiger partial charge on any atom is -0.491 e. The normalized spacial score (nSPS) is 11.6. The first-order valence-electron chi connectivity index (χ1n) is 8.48. The van der Waals surface area contributed by atoms with E-state index in [2.05, 4.69) is 0 Å². The van der Waals surface area contributed by atoms with Crippen LogP contribution in [0.2, 0.25) is 0 Å². The maximum Gasteiger partial charge on any atom is 0.204 e. The van der Waals surface area contributed by atoms with Gasteiger partial charge in [0.1, 0.15) is 19.1 Å². The first kappa shape index (κ1) is 21.7. The maximum atomic E-state index is 14.2. The first-order chi connectivity index (χ1) is 13.4. The highest BCUT2D eigenvalue weighted by atomic mass is 19.2. The van der Waals surface area contributed by atoms with Crippen LogP contribution in [0.4, 0.5) is 26.3 Å². The van der Waals surface area contributed by atoms with Crippen molar-refractivity contribution in [3.05, 3.63) is 70.6 Å². The van der Waals surface area contributed by atoms with Crippen LogP contribution in [0.5, 0.6) is 11.5 Å². The maximum absolute atomic E-state index is 14.2. The molecule has 152 valence electrons. The Balaban J connectivity index is 2.09. The second-order valence-corrected chi connectivity index (χ2v) is 5.75. The zero-order chi connectivity index (χ0) is 20.7. The van der Waals surface area contributed by atoms with Gasteiger partial charge in [0.25, 0.3) is 0 Å². The molecule has 2 aromatic rings. The highest BCUT2D eigenvalue weighted by molar-refractivity contribution is 5.35. The lowest BCUT2D eigenvalue weighted by Gasteiger charge is -2.12. The Hall–Kier alpha value is -2.64. The Morgan fingerprint density at radius 3 is 2.04 bits per heavy atom. The Labute approximate surface area is 158 Å². The molecule has 0 aromatic heterocycles. The number of aryl methyl sites for hydroxylation is 1. The Morgan fingerprint density at radius 1 is 0.857 bits per heavy atom. The fraction of sp³-hybridized carbons (Fsp3) is 0.300. The molecule has 0 aliphatic carbocycles. The number of rotatable bonds is 9. The van der Waals surface area contributed by atoms with Crippen LogP contribution in [-0.4, -0.2) is 13.3 Å². The Morgan fingerprint density at radius 2 is 1.43 bits per heavy atom. The van der Waals surface area contributed by atoms with Gasteiger partial charge in [-0.15, -0.1) is 0 Å². The van der Waals surface area contributed by atoms with Gasteiger partial charge < -0.3 is 9.47 Å². The average Bonchev–Trinajstić information content (AvgIpc) is 2.69. The van der Waals surface area contributed by atoms with Crippen LogP contribution in [0.15, 0.2) is 36.2 Å². The van der Waals surface area contributed by atoms with Gasteiger partial charge in [0.2, 0.25) is 11.6 Å². The van der Waals surface area contributed by atoms with Crippen molar-refractivity contribution in [2.75, 3.05) is 13.3 Å². The van der Waals surface area contributed by atoms with Crippen LogP contribution in [-0.2, 0) is 13.0 Å². The van der Waals surface area contributed by atoms with Crippen molar-refractivity contribution in [3.8, 4) is 11.5 Å². The molecule has 0 N–H and O–H groups in total. The van der Waals surface area contributed by atoms with E-state index in [0.29, 0.717) is 0 Å². The van der Waals surface area contributed by atoms with Crippen LogP contribution in [0.3, 0.4) is 0 Å². The third kappa shape index (κ3) is 5.21. The van der Waals surface area contributed by atoms with Crippen LogP contribution < -0.4 is 9.47 Å². The lowest BCUT2D eigenvalue weighted by molar-refractivity contribution is 0.269. The van der Waals surface area contributed by atoms with Gasteiger partial charge in [0, 0.05) is 5.56 Å². The third-order valence-corrected chi connectivity index (χ3v) is 3.84. The molecular weight excluding hydrogens is 386 g/mol. The van der Waals surface area contributed by atoms with Gasteiger partial charge in [-0.2, -0.15) is 8.78 Å². The summed E-state index contributed by atoms with van der Waals surface area (Å²) >= 11 is 0. The van der Waals surface area contributed by atoms with Gasteiger partial charge in [-0.1, -0.05) is 12.1 Å². The molecule has 0 bridgehead atoms. The molecule has 0 amide bonds. The largest absolute Gasteiger partial charge is 0.491 e. The zero-order valence-electron chi connectivity index (χ0n) is 15.0. The second kappa shape index (κ2) is 10.1. The molecule has 2 aromatic carbocycles. The van der Waals surface area contributed by atoms with Crippen molar-refractivity contribution in [2.45, 2.75) is 26.4 Å². The van der Waals surface area contributed by atoms with Crippen molar-refractivity contribution in [1.82, 2.24) is 0 Å². The number of hydrogen-bond donors (Lipinski definition) is 0. The monoisotopic (exact) mass is 404 g/mol. The third-order valence-electron chi connectivity index (χ3n) is 3.84. The molecule has 0 saturated carbocycles. The van der Waals surface area contributed by atoms with Gasteiger partial charge in [-0.05, 0) is 43.5 Å². The molecule has 0 heterocycles. The van der Waals surface area contributed by atoms with Crippen molar-refractivity contribution in [2.24, 2.45) is 0 Å². The fourth-order valence-electron chi connectivity index (χ4n) is 2.42. The molecule has 0 saturated heterocycles. The molecule has 0 aliphatic heterocycles. The number of hydrogen-bond acceptors (Lipinski definition) is 2. The van der Waals surface area contributed by atoms with E-state index in [1.54, 1.807) is 6.92 Å². The summed E-state index contributed by atoms with van der Waals surface area (Å²) in [5.74, 6) is -6.65. The Kier molecular flexibility index (Phi) is 7.78. The fourth-order valence-corrected chi connectivity index (χ4v) is 2.42.